The minimum absolute atomic E-state index is 0.181. The second-order valence-corrected chi connectivity index (χ2v) is 6.45. The maximum atomic E-state index is 6.20. The van der Waals surface area contributed by atoms with E-state index in [2.05, 4.69) is 30.7 Å². The Balaban J connectivity index is 1.97. The summed E-state index contributed by atoms with van der Waals surface area (Å²) in [7, 11) is 2.23. The van der Waals surface area contributed by atoms with E-state index in [-0.39, 0.29) is 5.54 Å². The molecule has 2 heterocycles. The third-order valence-corrected chi connectivity index (χ3v) is 5.06. The van der Waals surface area contributed by atoms with Crippen LogP contribution in [0.3, 0.4) is 0 Å². The molecule has 0 bridgehead atoms. The maximum absolute atomic E-state index is 6.20. The topological polar surface area (TPSA) is 41.7 Å². The average Bonchev–Trinajstić information content (AvgIpc) is 2.78. The normalized spacial score (nSPS) is 32.2. The monoisotopic (exact) mass is 269 g/mol. The standard InChI is InChI=1S/C15H31N3O/c1-13(2)19-11-10-17(3)15(12-16)7-9-18-8-5-4-6-14(15)18/h13-14H,4-12,16H2,1-3H3. The van der Waals surface area contributed by atoms with Crippen LogP contribution in [0.4, 0.5) is 0 Å². The van der Waals surface area contributed by atoms with Gasteiger partial charge in [-0.1, -0.05) is 6.42 Å². The van der Waals surface area contributed by atoms with Crippen molar-refractivity contribution in [3.05, 3.63) is 0 Å². The minimum Gasteiger partial charge on any atom is -0.377 e. The first kappa shape index (κ1) is 15.2. The largest absolute Gasteiger partial charge is 0.377 e. The van der Waals surface area contributed by atoms with Gasteiger partial charge in [0.2, 0.25) is 0 Å². The molecule has 2 saturated heterocycles. The zero-order valence-corrected chi connectivity index (χ0v) is 12.9. The predicted molar refractivity (Wildman–Crippen MR) is 79.3 cm³/mol. The Morgan fingerprint density at radius 1 is 1.37 bits per heavy atom. The molecule has 19 heavy (non-hydrogen) atoms. The van der Waals surface area contributed by atoms with E-state index in [9.17, 15) is 0 Å². The van der Waals surface area contributed by atoms with Gasteiger partial charge in [-0.3, -0.25) is 9.80 Å². The number of rotatable bonds is 6. The highest BCUT2D eigenvalue weighted by Gasteiger charge is 2.49. The Morgan fingerprint density at radius 2 is 2.16 bits per heavy atom. The molecule has 0 aromatic carbocycles. The molecular weight excluding hydrogens is 238 g/mol. The summed E-state index contributed by atoms with van der Waals surface area (Å²) in [6, 6.07) is 0.662. The Morgan fingerprint density at radius 3 is 2.84 bits per heavy atom. The molecule has 0 aromatic rings. The summed E-state index contributed by atoms with van der Waals surface area (Å²) < 4.78 is 5.70. The van der Waals surface area contributed by atoms with Crippen LogP contribution in [0.15, 0.2) is 0 Å². The average molecular weight is 269 g/mol. The van der Waals surface area contributed by atoms with Crippen molar-refractivity contribution >= 4 is 0 Å². The van der Waals surface area contributed by atoms with E-state index >= 15 is 0 Å². The van der Waals surface area contributed by atoms with Gasteiger partial charge in [0.05, 0.1) is 12.7 Å². The van der Waals surface area contributed by atoms with Gasteiger partial charge in [-0.15, -0.1) is 0 Å². The molecule has 2 fully saturated rings. The summed E-state index contributed by atoms with van der Waals surface area (Å²) in [6.07, 6.45) is 5.56. The van der Waals surface area contributed by atoms with Crippen molar-refractivity contribution in [2.24, 2.45) is 5.73 Å². The Hall–Kier alpha value is -0.160. The number of likely N-dealkylation sites (N-methyl/N-ethyl adjacent to an activating group) is 1. The minimum atomic E-state index is 0.181. The lowest BCUT2D eigenvalue weighted by molar-refractivity contribution is 0.0142. The van der Waals surface area contributed by atoms with Crippen LogP contribution in [0.25, 0.3) is 0 Å². The molecule has 0 aliphatic carbocycles. The summed E-state index contributed by atoms with van der Waals surface area (Å²) in [5.74, 6) is 0. The van der Waals surface area contributed by atoms with Crippen molar-refractivity contribution < 1.29 is 4.74 Å². The van der Waals surface area contributed by atoms with Crippen molar-refractivity contribution in [1.29, 1.82) is 0 Å². The van der Waals surface area contributed by atoms with Crippen LogP contribution in [0.1, 0.15) is 39.5 Å². The van der Waals surface area contributed by atoms with Crippen LogP contribution in [0, 0.1) is 0 Å². The molecule has 112 valence electrons. The lowest BCUT2D eigenvalue weighted by Gasteiger charge is -2.46. The molecule has 2 rings (SSSR count). The number of nitrogens with two attached hydrogens (primary N) is 1. The number of nitrogens with zero attached hydrogens (tertiary/aromatic N) is 2. The molecule has 0 spiro atoms. The lowest BCUT2D eigenvalue weighted by atomic mass is 9.84. The molecule has 2 aliphatic rings. The zero-order valence-electron chi connectivity index (χ0n) is 12.9. The fraction of sp³-hybridized carbons (Fsp3) is 1.00. The highest BCUT2D eigenvalue weighted by molar-refractivity contribution is 5.08. The first-order valence-electron chi connectivity index (χ1n) is 7.87. The van der Waals surface area contributed by atoms with E-state index in [0.29, 0.717) is 12.1 Å². The van der Waals surface area contributed by atoms with Crippen LogP contribution in [-0.4, -0.2) is 67.3 Å². The molecule has 2 N–H and O–H groups in total. The Labute approximate surface area is 118 Å². The summed E-state index contributed by atoms with van der Waals surface area (Å²) in [6.45, 7) is 9.24. The third kappa shape index (κ3) is 3.13. The molecule has 2 unspecified atom stereocenters. The van der Waals surface area contributed by atoms with Crippen LogP contribution < -0.4 is 5.73 Å². The number of hydrogen-bond acceptors (Lipinski definition) is 4. The number of ether oxygens (including phenoxy) is 1. The smallest absolute Gasteiger partial charge is 0.0597 e. The van der Waals surface area contributed by atoms with Crippen LogP contribution >= 0.6 is 0 Å². The molecule has 4 heteroatoms. The van der Waals surface area contributed by atoms with E-state index in [4.69, 9.17) is 10.5 Å². The molecule has 4 nitrogen and oxygen atoms in total. The van der Waals surface area contributed by atoms with Crippen LogP contribution in [-0.2, 0) is 4.74 Å². The van der Waals surface area contributed by atoms with Crippen LogP contribution in [0.2, 0.25) is 0 Å². The molecule has 2 atom stereocenters. The van der Waals surface area contributed by atoms with Gasteiger partial charge in [0.25, 0.3) is 0 Å². The van der Waals surface area contributed by atoms with Gasteiger partial charge >= 0.3 is 0 Å². The van der Waals surface area contributed by atoms with E-state index in [1.807, 2.05) is 0 Å². The highest BCUT2D eigenvalue weighted by Crippen LogP contribution is 2.38. The van der Waals surface area contributed by atoms with E-state index in [1.54, 1.807) is 0 Å². The first-order valence-corrected chi connectivity index (χ1v) is 7.87. The van der Waals surface area contributed by atoms with Gasteiger partial charge in [0.1, 0.15) is 0 Å². The Bertz CT molecular complexity index is 285. The molecular formula is C15H31N3O. The SMILES string of the molecule is CC(C)OCCN(C)C1(CN)CCN2CCCCC21. The fourth-order valence-electron chi connectivity index (χ4n) is 3.86. The van der Waals surface area contributed by atoms with Crippen LogP contribution in [0.5, 0.6) is 0 Å². The van der Waals surface area contributed by atoms with Crippen molar-refractivity contribution in [3.63, 3.8) is 0 Å². The first-order chi connectivity index (χ1) is 9.10. The lowest BCUT2D eigenvalue weighted by Crippen LogP contribution is -2.61. The second-order valence-electron chi connectivity index (χ2n) is 6.45. The van der Waals surface area contributed by atoms with Crippen molar-refractivity contribution in [2.45, 2.75) is 57.2 Å². The van der Waals surface area contributed by atoms with E-state index in [0.717, 1.165) is 19.7 Å². The highest BCUT2D eigenvalue weighted by atomic mass is 16.5. The summed E-state index contributed by atoms with van der Waals surface area (Å²) in [5, 5.41) is 0. The number of hydrogen-bond donors (Lipinski definition) is 1. The number of fused-ring (bicyclic) bond motifs is 1. The fourth-order valence-corrected chi connectivity index (χ4v) is 3.86. The predicted octanol–water partition coefficient (Wildman–Crippen LogP) is 1.30. The molecule has 0 aromatic heterocycles. The van der Waals surface area contributed by atoms with Gasteiger partial charge in [0, 0.05) is 31.2 Å². The molecule has 0 amide bonds. The van der Waals surface area contributed by atoms with Gasteiger partial charge in [-0.05, 0) is 46.7 Å². The summed E-state index contributed by atoms with van der Waals surface area (Å²) >= 11 is 0. The second kappa shape index (κ2) is 6.53. The van der Waals surface area contributed by atoms with Crippen molar-refractivity contribution in [3.8, 4) is 0 Å². The van der Waals surface area contributed by atoms with Gasteiger partial charge in [-0.25, -0.2) is 0 Å². The Kier molecular flexibility index (Phi) is 5.23. The maximum Gasteiger partial charge on any atom is 0.0597 e. The molecule has 0 radical (unpaired) electrons. The zero-order chi connectivity index (χ0) is 13.9. The number of piperidine rings is 1. The van der Waals surface area contributed by atoms with Gasteiger partial charge in [-0.2, -0.15) is 0 Å². The van der Waals surface area contributed by atoms with Gasteiger partial charge in [0.15, 0.2) is 0 Å². The summed E-state index contributed by atoms with van der Waals surface area (Å²) in [5.41, 5.74) is 6.38. The summed E-state index contributed by atoms with van der Waals surface area (Å²) in [4.78, 5) is 5.14. The molecule has 0 saturated carbocycles. The van der Waals surface area contributed by atoms with E-state index in [1.165, 1.54) is 38.8 Å². The quantitative estimate of drug-likeness (QED) is 0.789. The molecule has 2 aliphatic heterocycles. The third-order valence-electron chi connectivity index (χ3n) is 5.06. The van der Waals surface area contributed by atoms with Gasteiger partial charge < -0.3 is 10.5 Å². The van der Waals surface area contributed by atoms with E-state index < -0.39 is 0 Å². The van der Waals surface area contributed by atoms with Crippen molar-refractivity contribution in [1.82, 2.24) is 9.80 Å². The van der Waals surface area contributed by atoms with Crippen molar-refractivity contribution in [2.75, 3.05) is 39.8 Å².